The summed E-state index contributed by atoms with van der Waals surface area (Å²) in [5.74, 6) is -0.0460. The zero-order valence-corrected chi connectivity index (χ0v) is 17.0. The van der Waals surface area contributed by atoms with E-state index in [4.69, 9.17) is 14.2 Å². The summed E-state index contributed by atoms with van der Waals surface area (Å²) in [6.07, 6.45) is 18.7. The number of esters is 1. The fraction of sp³-hybridized carbons (Fsp3) is 0.955. The van der Waals surface area contributed by atoms with Gasteiger partial charge in [0, 0.05) is 12.8 Å². The quantitative estimate of drug-likeness (QED) is 0.191. The molecule has 0 N–H and O–H groups in total. The van der Waals surface area contributed by atoms with Gasteiger partial charge in [-0.1, -0.05) is 64.7 Å². The number of epoxide rings is 2. The van der Waals surface area contributed by atoms with Gasteiger partial charge in [0.1, 0.15) is 0 Å². The van der Waals surface area contributed by atoms with Crippen LogP contribution in [0.1, 0.15) is 104 Å². The van der Waals surface area contributed by atoms with Gasteiger partial charge in [-0.15, -0.1) is 0 Å². The third kappa shape index (κ3) is 9.36. The molecule has 4 heteroatoms. The summed E-state index contributed by atoms with van der Waals surface area (Å²) in [6.45, 7) is 4.61. The molecule has 0 aromatic carbocycles. The minimum Gasteiger partial charge on any atom is -0.466 e. The van der Waals surface area contributed by atoms with Crippen molar-refractivity contribution in [2.24, 2.45) is 0 Å². The Labute approximate surface area is 160 Å². The molecule has 2 heterocycles. The van der Waals surface area contributed by atoms with E-state index in [0.29, 0.717) is 37.4 Å². The van der Waals surface area contributed by atoms with Crippen LogP contribution in [0.2, 0.25) is 0 Å². The van der Waals surface area contributed by atoms with Crippen LogP contribution in [0.15, 0.2) is 0 Å². The van der Waals surface area contributed by atoms with Gasteiger partial charge >= 0.3 is 5.97 Å². The maximum Gasteiger partial charge on any atom is 0.305 e. The van der Waals surface area contributed by atoms with E-state index in [-0.39, 0.29) is 5.97 Å². The Morgan fingerprint density at radius 3 is 1.85 bits per heavy atom. The lowest BCUT2D eigenvalue weighted by atomic mass is 10.0. The maximum atomic E-state index is 11.2. The largest absolute Gasteiger partial charge is 0.466 e. The molecule has 152 valence electrons. The summed E-state index contributed by atoms with van der Waals surface area (Å²) in [5, 5.41) is 0. The first-order valence-electron chi connectivity index (χ1n) is 11.2. The van der Waals surface area contributed by atoms with E-state index in [1.54, 1.807) is 0 Å². The zero-order chi connectivity index (χ0) is 18.6. The summed E-state index contributed by atoms with van der Waals surface area (Å²) in [5.41, 5.74) is 0. The Kier molecular flexibility index (Phi) is 10.6. The van der Waals surface area contributed by atoms with Crippen molar-refractivity contribution in [2.75, 3.05) is 6.61 Å². The molecule has 0 unspecified atom stereocenters. The molecule has 0 amide bonds. The van der Waals surface area contributed by atoms with Crippen LogP contribution < -0.4 is 0 Å². The number of carbonyl (C=O) groups excluding carboxylic acids is 1. The van der Waals surface area contributed by atoms with E-state index >= 15 is 0 Å². The highest BCUT2D eigenvalue weighted by molar-refractivity contribution is 5.69. The van der Waals surface area contributed by atoms with Crippen molar-refractivity contribution < 1.29 is 19.0 Å². The summed E-state index contributed by atoms with van der Waals surface area (Å²) in [6, 6.07) is 0. The van der Waals surface area contributed by atoms with Crippen LogP contribution in [0, 0.1) is 0 Å². The highest BCUT2D eigenvalue weighted by Crippen LogP contribution is 2.39. The van der Waals surface area contributed by atoms with E-state index in [1.165, 1.54) is 64.2 Å². The first kappa shape index (κ1) is 21.7. The second kappa shape index (κ2) is 12.7. The van der Waals surface area contributed by atoms with Gasteiger partial charge in [-0.25, -0.2) is 0 Å². The van der Waals surface area contributed by atoms with Gasteiger partial charge in [0.05, 0.1) is 31.0 Å². The number of carbonyl (C=O) groups is 1. The van der Waals surface area contributed by atoms with Crippen LogP contribution in [0.5, 0.6) is 0 Å². The molecule has 0 saturated carbocycles. The second-order valence-corrected chi connectivity index (χ2v) is 7.98. The lowest BCUT2D eigenvalue weighted by molar-refractivity contribution is -0.143. The molecule has 2 saturated heterocycles. The summed E-state index contributed by atoms with van der Waals surface area (Å²) < 4.78 is 16.5. The highest BCUT2D eigenvalue weighted by atomic mass is 16.6. The van der Waals surface area contributed by atoms with E-state index in [9.17, 15) is 4.79 Å². The predicted octanol–water partition coefficient (Wildman–Crippen LogP) is 5.57. The highest BCUT2D eigenvalue weighted by Gasteiger charge is 2.47. The number of ether oxygens (including phenoxy) is 3. The van der Waals surface area contributed by atoms with Crippen molar-refractivity contribution in [3.63, 3.8) is 0 Å². The maximum absolute atomic E-state index is 11.2. The number of hydrogen-bond donors (Lipinski definition) is 0. The second-order valence-electron chi connectivity index (χ2n) is 7.98. The number of unbranched alkanes of at least 4 members (excludes halogenated alkanes) is 8. The van der Waals surface area contributed by atoms with Gasteiger partial charge in [0.2, 0.25) is 0 Å². The van der Waals surface area contributed by atoms with Gasteiger partial charge in [-0.2, -0.15) is 0 Å². The summed E-state index contributed by atoms with van der Waals surface area (Å²) >= 11 is 0. The smallest absolute Gasteiger partial charge is 0.305 e. The van der Waals surface area contributed by atoms with Crippen LogP contribution in [0.3, 0.4) is 0 Å². The standard InChI is InChI=1S/C22H40O4/c1-3-5-11-14-18-20(25-18)17-21-19(26-21)15-12-9-7-6-8-10-13-16-22(23)24-4-2/h18-21H,3-17H2,1-2H3/t18-,19-,20-,21+/m0/s1. The summed E-state index contributed by atoms with van der Waals surface area (Å²) in [4.78, 5) is 11.2. The lowest BCUT2D eigenvalue weighted by Crippen LogP contribution is -2.03. The average molecular weight is 369 g/mol. The van der Waals surface area contributed by atoms with E-state index in [1.807, 2.05) is 6.92 Å². The van der Waals surface area contributed by atoms with Crippen molar-refractivity contribution in [1.29, 1.82) is 0 Å². The van der Waals surface area contributed by atoms with Crippen LogP contribution >= 0.6 is 0 Å². The average Bonchev–Trinajstić information content (AvgIpc) is 3.53. The molecule has 0 bridgehead atoms. The van der Waals surface area contributed by atoms with Gasteiger partial charge in [0.15, 0.2) is 0 Å². The van der Waals surface area contributed by atoms with Gasteiger partial charge in [0.25, 0.3) is 0 Å². The minimum atomic E-state index is -0.0460. The third-order valence-electron chi connectivity index (χ3n) is 5.61. The molecule has 4 atom stereocenters. The van der Waals surface area contributed by atoms with E-state index in [0.717, 1.165) is 19.3 Å². The van der Waals surface area contributed by atoms with Crippen LogP contribution in [-0.4, -0.2) is 37.0 Å². The molecule has 4 nitrogen and oxygen atoms in total. The van der Waals surface area contributed by atoms with Crippen molar-refractivity contribution in [2.45, 2.75) is 128 Å². The molecule has 0 aliphatic carbocycles. The number of hydrogen-bond acceptors (Lipinski definition) is 4. The van der Waals surface area contributed by atoms with Crippen LogP contribution in [-0.2, 0) is 19.0 Å². The van der Waals surface area contributed by atoms with Crippen molar-refractivity contribution in [3.05, 3.63) is 0 Å². The van der Waals surface area contributed by atoms with E-state index < -0.39 is 0 Å². The van der Waals surface area contributed by atoms with Crippen molar-refractivity contribution >= 4 is 5.97 Å². The fourth-order valence-electron chi connectivity index (χ4n) is 3.84. The van der Waals surface area contributed by atoms with Crippen molar-refractivity contribution in [3.8, 4) is 0 Å². The first-order valence-corrected chi connectivity index (χ1v) is 11.2. The van der Waals surface area contributed by atoms with Gasteiger partial charge in [-0.05, 0) is 26.2 Å². The SMILES string of the molecule is CCCCC[C@@H]1O[C@H]1C[C@H]1O[C@H]1CCCCCCCCCC(=O)OCC. The molecule has 2 fully saturated rings. The molecule has 0 spiro atoms. The molecule has 0 radical (unpaired) electrons. The summed E-state index contributed by atoms with van der Waals surface area (Å²) in [7, 11) is 0. The Bertz CT molecular complexity index is 384. The Balaban J connectivity index is 1.31. The molecule has 2 aliphatic heterocycles. The van der Waals surface area contributed by atoms with Gasteiger partial charge < -0.3 is 14.2 Å². The topological polar surface area (TPSA) is 51.4 Å². The van der Waals surface area contributed by atoms with Crippen LogP contribution in [0.25, 0.3) is 0 Å². The van der Waals surface area contributed by atoms with Crippen LogP contribution in [0.4, 0.5) is 0 Å². The Morgan fingerprint density at radius 2 is 1.27 bits per heavy atom. The Morgan fingerprint density at radius 1 is 0.731 bits per heavy atom. The monoisotopic (exact) mass is 368 g/mol. The van der Waals surface area contributed by atoms with Crippen molar-refractivity contribution in [1.82, 2.24) is 0 Å². The predicted molar refractivity (Wildman–Crippen MR) is 104 cm³/mol. The molecule has 26 heavy (non-hydrogen) atoms. The lowest BCUT2D eigenvalue weighted by Gasteiger charge is -2.02. The molecular weight excluding hydrogens is 328 g/mol. The molecule has 2 rings (SSSR count). The van der Waals surface area contributed by atoms with Gasteiger partial charge in [-0.3, -0.25) is 4.79 Å². The minimum absolute atomic E-state index is 0.0460. The third-order valence-corrected chi connectivity index (χ3v) is 5.61. The molecule has 0 aromatic rings. The normalized spacial score (nSPS) is 26.7. The first-order chi connectivity index (χ1) is 12.7. The fourth-order valence-corrected chi connectivity index (χ4v) is 3.84. The molecule has 2 aliphatic rings. The molecule has 0 aromatic heterocycles. The van der Waals surface area contributed by atoms with E-state index in [2.05, 4.69) is 6.92 Å². The molecular formula is C22H40O4. The zero-order valence-electron chi connectivity index (χ0n) is 17.0. The Hall–Kier alpha value is -0.610. The number of rotatable bonds is 17.